The zero-order valence-electron chi connectivity index (χ0n) is 28.6. The quantitative estimate of drug-likeness (QED) is 0.0581. The highest BCUT2D eigenvalue weighted by atomic mass is 16.6. The van der Waals surface area contributed by atoms with E-state index in [0.717, 1.165) is 34.3 Å². The molecule has 0 fully saturated rings. The number of anilines is 3. The summed E-state index contributed by atoms with van der Waals surface area (Å²) >= 11 is 0. The molecule has 4 aromatic carbocycles. The maximum absolute atomic E-state index is 13.7. The molecule has 260 valence electrons. The number of hydrogen-bond donors (Lipinski definition) is 4. The minimum atomic E-state index is -0.685. The monoisotopic (exact) mass is 683 g/mol. The molecule has 0 saturated carbocycles. The molecule has 1 heterocycles. The highest BCUT2D eigenvalue weighted by Crippen LogP contribution is 2.24. The number of benzene rings is 4. The molecular weight excluding hydrogens is 642 g/mol. The summed E-state index contributed by atoms with van der Waals surface area (Å²) in [6, 6.07) is 31.6. The van der Waals surface area contributed by atoms with Crippen LogP contribution in [0, 0.1) is 5.41 Å². The first-order valence-corrected chi connectivity index (χ1v) is 16.5. The molecule has 5 rings (SSSR count). The van der Waals surface area contributed by atoms with Crippen LogP contribution in [0.15, 0.2) is 120 Å². The number of nitrogens with one attached hydrogen (secondary N) is 3. The van der Waals surface area contributed by atoms with Gasteiger partial charge < -0.3 is 21.1 Å². The average molecular weight is 684 g/mol. The summed E-state index contributed by atoms with van der Waals surface area (Å²) in [6.45, 7) is 3.79. The average Bonchev–Trinajstić information content (AvgIpc) is 3.13. The number of nitrogens with two attached hydrogens (primary N) is 1. The number of carbonyl (C=O) groups is 2. The van der Waals surface area contributed by atoms with Crippen molar-refractivity contribution in [1.82, 2.24) is 14.9 Å². The number of amides is 2. The van der Waals surface area contributed by atoms with Crippen LogP contribution < -0.4 is 26.8 Å². The van der Waals surface area contributed by atoms with Gasteiger partial charge in [-0.3, -0.25) is 19.6 Å². The molecule has 5 N–H and O–H groups in total. The van der Waals surface area contributed by atoms with E-state index in [9.17, 15) is 14.4 Å². The molecule has 0 unspecified atom stereocenters. The molecule has 0 radical (unpaired) electrons. The fraction of sp³-hybridized carbons (Fsp3) is 0.175. The van der Waals surface area contributed by atoms with Gasteiger partial charge in [0.05, 0.1) is 23.9 Å². The van der Waals surface area contributed by atoms with E-state index in [1.165, 1.54) is 10.1 Å². The van der Waals surface area contributed by atoms with Crippen molar-refractivity contribution in [3.05, 3.63) is 148 Å². The largest absolute Gasteiger partial charge is 0.444 e. The Balaban J connectivity index is 1.29. The van der Waals surface area contributed by atoms with Crippen LogP contribution in [-0.2, 0) is 35.6 Å². The molecule has 11 heteroatoms. The highest BCUT2D eigenvalue weighted by Gasteiger charge is 2.18. The molecule has 51 heavy (non-hydrogen) atoms. The van der Waals surface area contributed by atoms with Gasteiger partial charge >= 0.3 is 6.09 Å². The first-order chi connectivity index (χ1) is 24.7. The maximum atomic E-state index is 13.7. The van der Waals surface area contributed by atoms with Crippen molar-refractivity contribution >= 4 is 41.6 Å². The van der Waals surface area contributed by atoms with Gasteiger partial charge in [0.15, 0.2) is 5.82 Å². The van der Waals surface area contributed by atoms with Crippen LogP contribution in [0.25, 0.3) is 17.3 Å². The van der Waals surface area contributed by atoms with E-state index >= 15 is 0 Å². The van der Waals surface area contributed by atoms with Gasteiger partial charge in [0.25, 0.3) is 5.56 Å². The van der Waals surface area contributed by atoms with Crippen LogP contribution >= 0.6 is 0 Å². The SMILES string of the molecule is CC(C)Nc1ncc(-c2cc(N)cc(C=CCc3ccccc3)c2)n(CC(=O)NCc2ccc(N(C=N)C(=O)OCc3ccccc3)cc2)c1=O. The number of nitrogens with zero attached hydrogens (tertiary/aromatic N) is 3. The first kappa shape index (κ1) is 35.8. The van der Waals surface area contributed by atoms with Gasteiger partial charge in [0, 0.05) is 23.8 Å². The van der Waals surface area contributed by atoms with E-state index in [1.54, 1.807) is 36.5 Å². The number of hydrogen-bond acceptors (Lipinski definition) is 8. The van der Waals surface area contributed by atoms with Crippen molar-refractivity contribution in [2.75, 3.05) is 16.0 Å². The lowest BCUT2D eigenvalue weighted by Crippen LogP contribution is -2.35. The van der Waals surface area contributed by atoms with Gasteiger partial charge in [-0.25, -0.2) is 14.7 Å². The fourth-order valence-corrected chi connectivity index (χ4v) is 5.31. The third-order valence-electron chi connectivity index (χ3n) is 7.80. The molecule has 0 saturated heterocycles. The number of aromatic nitrogens is 2. The van der Waals surface area contributed by atoms with Gasteiger partial charge in [0.2, 0.25) is 5.91 Å². The number of nitrogen functional groups attached to an aromatic ring is 1. The second kappa shape index (κ2) is 17.3. The number of ether oxygens (including phenoxy) is 1. The zero-order chi connectivity index (χ0) is 36.2. The Labute approximate surface area is 296 Å². The second-order valence-corrected chi connectivity index (χ2v) is 12.1. The molecule has 0 atom stereocenters. The minimum absolute atomic E-state index is 0.0516. The summed E-state index contributed by atoms with van der Waals surface area (Å²) in [7, 11) is 0. The smallest absolute Gasteiger partial charge is 0.420 e. The van der Waals surface area contributed by atoms with Gasteiger partial charge in [-0.15, -0.1) is 0 Å². The van der Waals surface area contributed by atoms with Gasteiger partial charge in [-0.1, -0.05) is 84.9 Å². The Kier molecular flexibility index (Phi) is 12.1. The van der Waals surface area contributed by atoms with Crippen molar-refractivity contribution in [2.45, 2.75) is 46.0 Å². The summed E-state index contributed by atoms with van der Waals surface area (Å²) in [6.07, 6.45) is 6.55. The molecule has 2 amide bonds. The molecule has 1 aromatic heterocycles. The Morgan fingerprint density at radius 1 is 0.941 bits per heavy atom. The van der Waals surface area contributed by atoms with Crippen LogP contribution in [0.4, 0.5) is 22.0 Å². The van der Waals surface area contributed by atoms with E-state index in [2.05, 4.69) is 33.8 Å². The first-order valence-electron chi connectivity index (χ1n) is 16.5. The molecule has 11 nitrogen and oxygen atoms in total. The van der Waals surface area contributed by atoms with Crippen LogP contribution in [-0.4, -0.2) is 33.9 Å². The Morgan fingerprint density at radius 3 is 2.29 bits per heavy atom. The second-order valence-electron chi connectivity index (χ2n) is 12.1. The molecular formula is C40H41N7O4. The third kappa shape index (κ3) is 10.0. The molecule has 0 aliphatic carbocycles. The van der Waals surface area contributed by atoms with Crippen LogP contribution in [0.3, 0.4) is 0 Å². The normalized spacial score (nSPS) is 11.0. The predicted octanol–water partition coefficient (Wildman–Crippen LogP) is 6.64. The summed E-state index contributed by atoms with van der Waals surface area (Å²) < 4.78 is 6.75. The summed E-state index contributed by atoms with van der Waals surface area (Å²) in [5.41, 5.74) is 11.5. The van der Waals surface area contributed by atoms with E-state index < -0.39 is 11.7 Å². The van der Waals surface area contributed by atoms with Crippen LogP contribution in [0.1, 0.15) is 36.1 Å². The summed E-state index contributed by atoms with van der Waals surface area (Å²) in [5.74, 6) is -0.247. The fourth-order valence-electron chi connectivity index (χ4n) is 5.31. The zero-order valence-corrected chi connectivity index (χ0v) is 28.6. The topological polar surface area (TPSA) is 155 Å². The van der Waals surface area contributed by atoms with Crippen molar-refractivity contribution in [1.29, 1.82) is 5.41 Å². The molecule has 5 aromatic rings. The van der Waals surface area contributed by atoms with Crippen molar-refractivity contribution < 1.29 is 14.3 Å². The number of rotatable bonds is 14. The van der Waals surface area contributed by atoms with E-state index in [4.69, 9.17) is 15.9 Å². The molecule has 0 spiro atoms. The summed E-state index contributed by atoms with van der Waals surface area (Å²) in [5, 5.41) is 13.7. The number of allylic oxidation sites excluding steroid dienone is 1. The molecule has 0 aliphatic heterocycles. The predicted molar refractivity (Wildman–Crippen MR) is 202 cm³/mol. The lowest BCUT2D eigenvalue weighted by atomic mass is 10.0. The van der Waals surface area contributed by atoms with Crippen LogP contribution in [0.5, 0.6) is 0 Å². The van der Waals surface area contributed by atoms with E-state index in [0.29, 0.717) is 22.6 Å². The Bertz CT molecular complexity index is 2040. The van der Waals surface area contributed by atoms with E-state index in [-0.39, 0.29) is 37.5 Å². The highest BCUT2D eigenvalue weighted by molar-refractivity contribution is 6.04. The summed E-state index contributed by atoms with van der Waals surface area (Å²) in [4.78, 5) is 45.1. The molecule has 0 bridgehead atoms. The molecule has 0 aliphatic rings. The Morgan fingerprint density at radius 2 is 1.63 bits per heavy atom. The van der Waals surface area contributed by atoms with E-state index in [1.807, 2.05) is 80.6 Å². The van der Waals surface area contributed by atoms with Gasteiger partial charge in [-0.05, 0) is 72.9 Å². The van der Waals surface area contributed by atoms with Crippen molar-refractivity contribution in [3.8, 4) is 11.3 Å². The third-order valence-corrected chi connectivity index (χ3v) is 7.80. The lowest BCUT2D eigenvalue weighted by molar-refractivity contribution is -0.121. The van der Waals surface area contributed by atoms with Gasteiger partial charge in [-0.2, -0.15) is 0 Å². The minimum Gasteiger partial charge on any atom is -0.444 e. The lowest BCUT2D eigenvalue weighted by Gasteiger charge is -2.18. The van der Waals surface area contributed by atoms with Crippen molar-refractivity contribution in [3.63, 3.8) is 0 Å². The van der Waals surface area contributed by atoms with Crippen molar-refractivity contribution in [2.24, 2.45) is 0 Å². The maximum Gasteiger partial charge on any atom is 0.420 e. The number of carbonyl (C=O) groups excluding carboxylic acids is 2. The Hall–Kier alpha value is -6.49. The van der Waals surface area contributed by atoms with Gasteiger partial charge in [0.1, 0.15) is 13.2 Å². The van der Waals surface area contributed by atoms with Crippen LogP contribution in [0.2, 0.25) is 0 Å². The standard InChI is InChI=1S/C40H41N7O4/c1-28(2)45-38-39(49)46(36(24-44-38)33-20-32(21-34(42)22-33)15-9-14-29-10-5-3-6-11-29)25-37(48)43-23-30-16-18-35(19-17-30)47(27-41)40(50)51-26-31-12-7-4-8-13-31/h3-13,15-22,24,27-28,41H,14,23,25-26,42H2,1-2H3,(H,43,48)(H,44,45).